The van der Waals surface area contributed by atoms with Crippen molar-refractivity contribution < 1.29 is 19.1 Å². The zero-order valence-corrected chi connectivity index (χ0v) is 16.2. The molecule has 29 heavy (non-hydrogen) atoms. The number of nitrogens with one attached hydrogen (secondary N) is 2. The highest BCUT2D eigenvalue weighted by molar-refractivity contribution is 8.18. The lowest BCUT2D eigenvalue weighted by atomic mass is 9.93. The van der Waals surface area contributed by atoms with E-state index in [0.29, 0.717) is 17.1 Å². The molecule has 9 heteroatoms. The first-order chi connectivity index (χ1) is 14.0. The average molecular weight is 414 g/mol. The predicted octanol–water partition coefficient (Wildman–Crippen LogP) is 3.32. The molecule has 4 rings (SSSR count). The van der Waals surface area contributed by atoms with E-state index in [1.54, 1.807) is 24.5 Å². The summed E-state index contributed by atoms with van der Waals surface area (Å²) in [5.41, 5.74) is 1.39. The fourth-order valence-corrected chi connectivity index (χ4v) is 4.05. The molecule has 1 aromatic carbocycles. The zero-order chi connectivity index (χ0) is 20.4. The number of rotatable bonds is 4. The Labute approximate surface area is 170 Å². The van der Waals surface area contributed by atoms with E-state index in [0.717, 1.165) is 37.4 Å². The number of aliphatic hydroxyl groups is 1. The van der Waals surface area contributed by atoms with Crippen LogP contribution in [0.1, 0.15) is 31.2 Å². The average Bonchev–Trinajstić information content (AvgIpc) is 3.02. The molecule has 0 bridgehead atoms. The summed E-state index contributed by atoms with van der Waals surface area (Å²) in [5, 5.41) is 14.6. The first-order valence-electron chi connectivity index (χ1n) is 9.29. The Morgan fingerprint density at radius 3 is 2.72 bits per heavy atom. The maximum Gasteiger partial charge on any atom is 0.290 e. The number of benzene rings is 1. The fraction of sp³-hybridized carbons (Fsp3) is 0.300. The van der Waals surface area contributed by atoms with Gasteiger partial charge in [0, 0.05) is 17.2 Å². The first kappa shape index (κ1) is 19.5. The molecule has 0 radical (unpaired) electrons. The van der Waals surface area contributed by atoms with E-state index in [1.165, 1.54) is 12.1 Å². The molecule has 0 spiro atoms. The van der Waals surface area contributed by atoms with Gasteiger partial charge in [-0.1, -0.05) is 0 Å². The van der Waals surface area contributed by atoms with Crippen molar-refractivity contribution in [3.05, 3.63) is 46.9 Å². The number of halogens is 1. The quantitative estimate of drug-likeness (QED) is 0.659. The summed E-state index contributed by atoms with van der Waals surface area (Å²) in [4.78, 5) is 32.0. The minimum Gasteiger partial charge on any atom is -0.393 e. The fourth-order valence-electron chi connectivity index (χ4n) is 3.38. The van der Waals surface area contributed by atoms with Gasteiger partial charge in [0.1, 0.15) is 11.6 Å². The summed E-state index contributed by atoms with van der Waals surface area (Å²) < 4.78 is 14.2. The Balaban J connectivity index is 1.56. The topological polar surface area (TPSA) is 104 Å². The molecule has 2 fully saturated rings. The van der Waals surface area contributed by atoms with Crippen LogP contribution >= 0.6 is 11.8 Å². The van der Waals surface area contributed by atoms with Gasteiger partial charge in [-0.2, -0.15) is 0 Å². The number of carbonyl (C=O) groups excluding carboxylic acids is 2. The molecular formula is C20H19FN4O3S. The molecule has 1 aliphatic heterocycles. The largest absolute Gasteiger partial charge is 0.393 e. The molecule has 1 aliphatic carbocycles. The SMILES string of the molecule is O=C1NC(=O)/C(=C/c2cc(-c3cncc(NC4CCC(O)CC4)n3)ccc2F)S1. The van der Waals surface area contributed by atoms with Gasteiger partial charge in [-0.05, 0) is 61.7 Å². The van der Waals surface area contributed by atoms with Crippen molar-refractivity contribution in [3.63, 3.8) is 0 Å². The van der Waals surface area contributed by atoms with E-state index in [4.69, 9.17) is 0 Å². The van der Waals surface area contributed by atoms with Gasteiger partial charge in [0.05, 0.1) is 29.1 Å². The minimum absolute atomic E-state index is 0.145. The van der Waals surface area contributed by atoms with Crippen molar-refractivity contribution in [3.8, 4) is 11.3 Å². The number of carbonyl (C=O) groups is 2. The molecule has 2 aromatic rings. The molecule has 1 aromatic heterocycles. The lowest BCUT2D eigenvalue weighted by molar-refractivity contribution is -0.115. The van der Waals surface area contributed by atoms with Crippen LogP contribution in [0.15, 0.2) is 35.5 Å². The van der Waals surface area contributed by atoms with Crippen LogP contribution in [0.4, 0.5) is 15.0 Å². The number of amides is 2. The van der Waals surface area contributed by atoms with Crippen molar-refractivity contribution in [1.29, 1.82) is 0 Å². The van der Waals surface area contributed by atoms with Gasteiger partial charge in [0.15, 0.2) is 0 Å². The summed E-state index contributed by atoms with van der Waals surface area (Å²) in [6, 6.07) is 4.69. The third-order valence-electron chi connectivity index (χ3n) is 4.90. The van der Waals surface area contributed by atoms with E-state index in [1.807, 2.05) is 0 Å². The third kappa shape index (κ3) is 4.63. The smallest absolute Gasteiger partial charge is 0.290 e. The van der Waals surface area contributed by atoms with E-state index in [2.05, 4.69) is 20.6 Å². The third-order valence-corrected chi connectivity index (χ3v) is 5.71. The molecule has 7 nitrogen and oxygen atoms in total. The number of hydrogen-bond donors (Lipinski definition) is 3. The van der Waals surface area contributed by atoms with Crippen molar-refractivity contribution in [2.75, 3.05) is 5.32 Å². The van der Waals surface area contributed by atoms with Gasteiger partial charge >= 0.3 is 0 Å². The lowest BCUT2D eigenvalue weighted by Crippen LogP contribution is -2.28. The number of aliphatic hydroxyl groups excluding tert-OH is 1. The molecule has 2 aliphatic rings. The number of anilines is 1. The van der Waals surface area contributed by atoms with E-state index in [9.17, 15) is 19.1 Å². The van der Waals surface area contributed by atoms with Crippen LogP contribution in [0, 0.1) is 5.82 Å². The molecule has 0 unspecified atom stereocenters. The van der Waals surface area contributed by atoms with Crippen LogP contribution in [0.25, 0.3) is 17.3 Å². The van der Waals surface area contributed by atoms with Crippen molar-refractivity contribution in [2.45, 2.75) is 37.8 Å². The van der Waals surface area contributed by atoms with Crippen molar-refractivity contribution in [2.24, 2.45) is 0 Å². The second-order valence-corrected chi connectivity index (χ2v) is 8.04. The summed E-state index contributed by atoms with van der Waals surface area (Å²) in [6.07, 6.45) is 7.58. The van der Waals surface area contributed by atoms with Crippen LogP contribution in [-0.4, -0.2) is 38.4 Å². The van der Waals surface area contributed by atoms with Crippen LogP contribution in [-0.2, 0) is 4.79 Å². The van der Waals surface area contributed by atoms with Gasteiger partial charge in [0.25, 0.3) is 11.1 Å². The van der Waals surface area contributed by atoms with Gasteiger partial charge in [-0.3, -0.25) is 19.9 Å². The molecule has 2 heterocycles. The molecule has 3 N–H and O–H groups in total. The molecule has 1 saturated heterocycles. The van der Waals surface area contributed by atoms with E-state index in [-0.39, 0.29) is 22.6 Å². The van der Waals surface area contributed by atoms with Gasteiger partial charge < -0.3 is 10.4 Å². The molecule has 1 saturated carbocycles. The number of hydrogen-bond acceptors (Lipinski definition) is 7. The van der Waals surface area contributed by atoms with Crippen LogP contribution in [0.3, 0.4) is 0 Å². The maximum atomic E-state index is 14.2. The van der Waals surface area contributed by atoms with Crippen LogP contribution in [0.5, 0.6) is 0 Å². The molecular weight excluding hydrogens is 395 g/mol. The second kappa shape index (κ2) is 8.30. The van der Waals surface area contributed by atoms with Gasteiger partial charge in [0.2, 0.25) is 0 Å². The lowest BCUT2D eigenvalue weighted by Gasteiger charge is -2.26. The number of imide groups is 1. The second-order valence-electron chi connectivity index (χ2n) is 7.03. The standard InChI is InChI=1S/C20H19FN4O3S/c21-15-6-1-11(7-12(15)8-17-19(27)25-20(28)29-17)16-9-22-10-18(24-16)23-13-2-4-14(26)5-3-13/h1,6-10,13-14,26H,2-5H2,(H,23,24)(H,25,27,28)/b17-8-. The number of aromatic nitrogens is 2. The summed E-state index contributed by atoms with van der Waals surface area (Å²) in [5.74, 6) is -0.421. The summed E-state index contributed by atoms with van der Waals surface area (Å²) >= 11 is 0.740. The Kier molecular flexibility index (Phi) is 5.59. The van der Waals surface area contributed by atoms with Crippen LogP contribution in [0.2, 0.25) is 0 Å². The Hall–Kier alpha value is -2.78. The highest BCUT2D eigenvalue weighted by Gasteiger charge is 2.25. The molecule has 150 valence electrons. The molecule has 0 atom stereocenters. The van der Waals surface area contributed by atoms with Gasteiger partial charge in [-0.25, -0.2) is 9.37 Å². The predicted molar refractivity (Wildman–Crippen MR) is 108 cm³/mol. The Morgan fingerprint density at radius 2 is 2.00 bits per heavy atom. The number of thioether (sulfide) groups is 1. The number of nitrogens with zero attached hydrogens (tertiary/aromatic N) is 2. The van der Waals surface area contributed by atoms with E-state index >= 15 is 0 Å². The van der Waals surface area contributed by atoms with Crippen molar-refractivity contribution >= 4 is 34.8 Å². The van der Waals surface area contributed by atoms with Gasteiger partial charge in [-0.15, -0.1) is 0 Å². The van der Waals surface area contributed by atoms with E-state index < -0.39 is 17.0 Å². The highest BCUT2D eigenvalue weighted by Crippen LogP contribution is 2.29. The van der Waals surface area contributed by atoms with Crippen LogP contribution < -0.4 is 10.6 Å². The normalized spacial score (nSPS) is 23.3. The minimum atomic E-state index is -0.534. The zero-order valence-electron chi connectivity index (χ0n) is 15.4. The summed E-state index contributed by atoms with van der Waals surface area (Å²) in [6.45, 7) is 0. The Bertz CT molecular complexity index is 989. The summed E-state index contributed by atoms with van der Waals surface area (Å²) in [7, 11) is 0. The first-order valence-corrected chi connectivity index (χ1v) is 10.1. The maximum absolute atomic E-state index is 14.2. The van der Waals surface area contributed by atoms with Crippen molar-refractivity contribution in [1.82, 2.24) is 15.3 Å². The highest BCUT2D eigenvalue weighted by atomic mass is 32.2. The Morgan fingerprint density at radius 1 is 1.21 bits per heavy atom. The molecule has 2 amide bonds. The monoisotopic (exact) mass is 414 g/mol.